The summed E-state index contributed by atoms with van der Waals surface area (Å²) in [5.41, 5.74) is 16.2. The Bertz CT molecular complexity index is 520. The van der Waals surface area contributed by atoms with E-state index in [9.17, 15) is 0 Å². The molecule has 0 atom stereocenters. The SMILES string of the molecule is CNc1cc(N)cc(CNc2ccc(N)cc2)c1. The average Bonchev–Trinajstić information content (AvgIpc) is 2.37. The molecule has 0 amide bonds. The van der Waals surface area contributed by atoms with E-state index in [2.05, 4.69) is 16.7 Å². The van der Waals surface area contributed by atoms with Crippen molar-refractivity contribution in [3.05, 3.63) is 48.0 Å². The van der Waals surface area contributed by atoms with Gasteiger partial charge < -0.3 is 22.1 Å². The average molecular weight is 242 g/mol. The number of benzene rings is 2. The second-order valence-electron chi connectivity index (χ2n) is 4.19. The van der Waals surface area contributed by atoms with Crippen molar-refractivity contribution < 1.29 is 0 Å². The molecule has 0 spiro atoms. The lowest BCUT2D eigenvalue weighted by atomic mass is 10.1. The highest BCUT2D eigenvalue weighted by atomic mass is 14.9. The Balaban J connectivity index is 2.05. The number of nitrogens with two attached hydrogens (primary N) is 2. The second-order valence-corrected chi connectivity index (χ2v) is 4.19. The standard InChI is InChI=1S/C14H18N4/c1-17-14-7-10(6-12(16)8-14)9-18-13-4-2-11(15)3-5-13/h2-8,17-18H,9,15-16H2,1H3. The minimum atomic E-state index is 0.726. The van der Waals surface area contributed by atoms with Gasteiger partial charge in [-0.25, -0.2) is 0 Å². The molecule has 2 aromatic carbocycles. The van der Waals surface area contributed by atoms with Gasteiger partial charge in [0.15, 0.2) is 0 Å². The number of hydrogen-bond acceptors (Lipinski definition) is 4. The van der Waals surface area contributed by atoms with Gasteiger partial charge >= 0.3 is 0 Å². The van der Waals surface area contributed by atoms with Crippen molar-refractivity contribution in [3.63, 3.8) is 0 Å². The number of nitrogens with one attached hydrogen (secondary N) is 2. The fraction of sp³-hybridized carbons (Fsp3) is 0.143. The highest BCUT2D eigenvalue weighted by molar-refractivity contribution is 5.58. The van der Waals surface area contributed by atoms with Crippen molar-refractivity contribution in [1.82, 2.24) is 0 Å². The minimum Gasteiger partial charge on any atom is -0.399 e. The third kappa shape index (κ3) is 3.07. The van der Waals surface area contributed by atoms with Crippen LogP contribution in [0.5, 0.6) is 0 Å². The number of anilines is 4. The monoisotopic (exact) mass is 242 g/mol. The smallest absolute Gasteiger partial charge is 0.0402 e. The molecule has 4 heteroatoms. The molecular weight excluding hydrogens is 224 g/mol. The quantitative estimate of drug-likeness (QED) is 0.621. The minimum absolute atomic E-state index is 0.726. The molecule has 0 saturated carbocycles. The van der Waals surface area contributed by atoms with Crippen LogP contribution in [0, 0.1) is 0 Å². The molecule has 0 aliphatic heterocycles. The van der Waals surface area contributed by atoms with Crippen molar-refractivity contribution in [2.24, 2.45) is 0 Å². The highest BCUT2D eigenvalue weighted by Crippen LogP contribution is 2.18. The molecule has 0 saturated heterocycles. The van der Waals surface area contributed by atoms with Gasteiger partial charge in [0.05, 0.1) is 0 Å². The molecule has 0 bridgehead atoms. The summed E-state index contributed by atoms with van der Waals surface area (Å²) in [4.78, 5) is 0. The van der Waals surface area contributed by atoms with Gasteiger partial charge in [-0.15, -0.1) is 0 Å². The van der Waals surface area contributed by atoms with Crippen LogP contribution in [0.25, 0.3) is 0 Å². The van der Waals surface area contributed by atoms with Crippen molar-refractivity contribution in [2.75, 3.05) is 29.1 Å². The molecule has 0 aliphatic rings. The molecule has 94 valence electrons. The summed E-state index contributed by atoms with van der Waals surface area (Å²) in [6, 6.07) is 13.6. The zero-order valence-electron chi connectivity index (χ0n) is 10.4. The van der Waals surface area contributed by atoms with Gasteiger partial charge in [-0.05, 0) is 48.0 Å². The third-order valence-electron chi connectivity index (χ3n) is 2.71. The summed E-state index contributed by atoms with van der Waals surface area (Å²) in [5, 5.41) is 6.42. The van der Waals surface area contributed by atoms with E-state index in [4.69, 9.17) is 11.5 Å². The molecule has 0 heterocycles. The Kier molecular flexibility index (Phi) is 3.57. The summed E-state index contributed by atoms with van der Waals surface area (Å²) < 4.78 is 0. The maximum atomic E-state index is 5.84. The van der Waals surface area contributed by atoms with Gasteiger partial charge in [-0.3, -0.25) is 0 Å². The van der Waals surface area contributed by atoms with E-state index in [1.165, 1.54) is 0 Å². The first-order valence-electron chi connectivity index (χ1n) is 5.84. The van der Waals surface area contributed by atoms with Crippen molar-refractivity contribution in [2.45, 2.75) is 6.54 Å². The van der Waals surface area contributed by atoms with Crippen LogP contribution in [0.15, 0.2) is 42.5 Å². The highest BCUT2D eigenvalue weighted by Gasteiger charge is 1.98. The summed E-state index contributed by atoms with van der Waals surface area (Å²) in [7, 11) is 1.88. The van der Waals surface area contributed by atoms with Crippen molar-refractivity contribution >= 4 is 22.7 Å². The molecule has 0 aliphatic carbocycles. The molecule has 0 aromatic heterocycles. The van der Waals surface area contributed by atoms with Gasteiger partial charge in [0.2, 0.25) is 0 Å². The van der Waals surface area contributed by atoms with E-state index in [1.54, 1.807) is 0 Å². The first-order chi connectivity index (χ1) is 8.67. The zero-order valence-corrected chi connectivity index (χ0v) is 10.4. The molecule has 0 radical (unpaired) electrons. The van der Waals surface area contributed by atoms with E-state index >= 15 is 0 Å². The Morgan fingerprint density at radius 1 is 0.889 bits per heavy atom. The van der Waals surface area contributed by atoms with Crippen LogP contribution < -0.4 is 22.1 Å². The summed E-state index contributed by atoms with van der Waals surface area (Å²) in [6.07, 6.45) is 0. The molecule has 2 aromatic rings. The van der Waals surface area contributed by atoms with Gasteiger partial charge in [0.1, 0.15) is 0 Å². The van der Waals surface area contributed by atoms with E-state index in [0.717, 1.165) is 34.9 Å². The summed E-state index contributed by atoms with van der Waals surface area (Å²) in [5.74, 6) is 0. The molecule has 18 heavy (non-hydrogen) atoms. The number of rotatable bonds is 4. The maximum absolute atomic E-state index is 5.84. The molecule has 0 fully saturated rings. The van der Waals surface area contributed by atoms with E-state index in [-0.39, 0.29) is 0 Å². The fourth-order valence-corrected chi connectivity index (χ4v) is 1.77. The lowest BCUT2D eigenvalue weighted by Gasteiger charge is -2.09. The first-order valence-corrected chi connectivity index (χ1v) is 5.84. The summed E-state index contributed by atoms with van der Waals surface area (Å²) >= 11 is 0. The van der Waals surface area contributed by atoms with Crippen LogP contribution in [0.2, 0.25) is 0 Å². The second kappa shape index (κ2) is 5.31. The predicted octanol–water partition coefficient (Wildman–Crippen LogP) is 2.50. The predicted molar refractivity (Wildman–Crippen MR) is 78.6 cm³/mol. The normalized spacial score (nSPS) is 10.1. The van der Waals surface area contributed by atoms with Crippen LogP contribution in [0.3, 0.4) is 0 Å². The van der Waals surface area contributed by atoms with E-state index in [1.807, 2.05) is 43.4 Å². The Morgan fingerprint density at radius 2 is 1.61 bits per heavy atom. The maximum Gasteiger partial charge on any atom is 0.0402 e. The molecular formula is C14H18N4. The molecule has 4 nitrogen and oxygen atoms in total. The topological polar surface area (TPSA) is 76.1 Å². The fourth-order valence-electron chi connectivity index (χ4n) is 1.77. The van der Waals surface area contributed by atoms with E-state index < -0.39 is 0 Å². The largest absolute Gasteiger partial charge is 0.399 e. The van der Waals surface area contributed by atoms with Crippen molar-refractivity contribution in [3.8, 4) is 0 Å². The lowest BCUT2D eigenvalue weighted by molar-refractivity contribution is 1.15. The van der Waals surface area contributed by atoms with Crippen LogP contribution in [-0.4, -0.2) is 7.05 Å². The van der Waals surface area contributed by atoms with Crippen LogP contribution in [0.1, 0.15) is 5.56 Å². The van der Waals surface area contributed by atoms with Gasteiger partial charge in [0, 0.05) is 36.3 Å². The zero-order chi connectivity index (χ0) is 13.0. The Labute approximate surface area is 107 Å². The number of hydrogen-bond donors (Lipinski definition) is 4. The Hall–Kier alpha value is -2.36. The Morgan fingerprint density at radius 3 is 2.28 bits per heavy atom. The van der Waals surface area contributed by atoms with Crippen LogP contribution in [0.4, 0.5) is 22.7 Å². The van der Waals surface area contributed by atoms with Crippen molar-refractivity contribution in [1.29, 1.82) is 0 Å². The van der Waals surface area contributed by atoms with Gasteiger partial charge in [-0.2, -0.15) is 0 Å². The lowest BCUT2D eigenvalue weighted by Crippen LogP contribution is -2.01. The number of nitrogen functional groups attached to an aromatic ring is 2. The van der Waals surface area contributed by atoms with Gasteiger partial charge in [0.25, 0.3) is 0 Å². The molecule has 2 rings (SSSR count). The first kappa shape index (κ1) is 12.1. The molecule has 0 unspecified atom stereocenters. The summed E-state index contributed by atoms with van der Waals surface area (Å²) in [6.45, 7) is 0.726. The molecule has 6 N–H and O–H groups in total. The third-order valence-corrected chi connectivity index (χ3v) is 2.71. The van der Waals surface area contributed by atoms with Crippen LogP contribution in [-0.2, 0) is 6.54 Å². The van der Waals surface area contributed by atoms with E-state index in [0.29, 0.717) is 0 Å². The van der Waals surface area contributed by atoms with Gasteiger partial charge in [-0.1, -0.05) is 0 Å². The van der Waals surface area contributed by atoms with Crippen LogP contribution >= 0.6 is 0 Å².